The summed E-state index contributed by atoms with van der Waals surface area (Å²) in [5.74, 6) is -2.48. The molecular formula is C24H29BF2N3O7. The second kappa shape index (κ2) is 12.0. The van der Waals surface area contributed by atoms with E-state index in [0.29, 0.717) is 18.7 Å². The van der Waals surface area contributed by atoms with Crippen molar-refractivity contribution in [1.82, 2.24) is 14.9 Å². The summed E-state index contributed by atoms with van der Waals surface area (Å²) in [4.78, 5) is 26.6. The van der Waals surface area contributed by atoms with Crippen LogP contribution in [0.5, 0.6) is 0 Å². The molecule has 0 aliphatic carbocycles. The third kappa shape index (κ3) is 6.08. The summed E-state index contributed by atoms with van der Waals surface area (Å²) in [7, 11) is 1.96. The number of methoxy groups -OCH3 is 1. The van der Waals surface area contributed by atoms with Gasteiger partial charge in [0.15, 0.2) is 0 Å². The number of benzene rings is 1. The van der Waals surface area contributed by atoms with Crippen molar-refractivity contribution in [3.8, 4) is 0 Å². The molecule has 2 unspecified atom stereocenters. The Morgan fingerprint density at radius 3 is 2.76 bits per heavy atom. The molecule has 2 atom stereocenters. The lowest BCUT2D eigenvalue weighted by molar-refractivity contribution is -0.0451. The number of hydrogen-bond donors (Lipinski definition) is 4. The zero-order valence-electron chi connectivity index (χ0n) is 20.5. The van der Waals surface area contributed by atoms with Crippen molar-refractivity contribution in [1.29, 1.82) is 0 Å². The molecule has 1 aliphatic rings. The number of hydroxylamine groups is 1. The molecule has 2 aromatic rings. The third-order valence-corrected chi connectivity index (χ3v) is 6.57. The summed E-state index contributed by atoms with van der Waals surface area (Å²) >= 11 is 0. The summed E-state index contributed by atoms with van der Waals surface area (Å²) in [6, 6.07) is 2.99. The number of halogens is 2. The van der Waals surface area contributed by atoms with Crippen molar-refractivity contribution < 1.29 is 38.4 Å². The van der Waals surface area contributed by atoms with E-state index in [2.05, 4.69) is 11.9 Å². The van der Waals surface area contributed by atoms with Gasteiger partial charge in [-0.15, -0.1) is 0 Å². The zero-order valence-corrected chi connectivity index (χ0v) is 20.5. The lowest BCUT2D eigenvalue weighted by Crippen LogP contribution is -2.57. The zero-order chi connectivity index (χ0) is 27.3. The molecule has 4 N–H and O–H groups in total. The minimum Gasteiger partial charge on any atom is -0.509 e. The molecule has 199 valence electrons. The first-order valence-electron chi connectivity index (χ1n) is 11.4. The van der Waals surface area contributed by atoms with Crippen molar-refractivity contribution in [3.05, 3.63) is 67.9 Å². The number of aliphatic hydroxyl groups is 1. The van der Waals surface area contributed by atoms with E-state index in [1.807, 2.05) is 0 Å². The fraction of sp³-hybridized carbons (Fsp3) is 0.417. The van der Waals surface area contributed by atoms with Crippen molar-refractivity contribution in [3.63, 3.8) is 0 Å². The summed E-state index contributed by atoms with van der Waals surface area (Å²) in [6.07, 6.45) is 1.06. The highest BCUT2D eigenvalue weighted by Gasteiger charge is 2.43. The SMILES string of the molecule is C=c1c(C(=O)NCc2ccc(F)cc2F)cn2c(c1=O)=C(O)C(C)(CCOCCN(O)[B]O)C(OC)C2. The van der Waals surface area contributed by atoms with Gasteiger partial charge >= 0.3 is 7.62 Å². The van der Waals surface area contributed by atoms with Crippen LogP contribution in [0.1, 0.15) is 29.3 Å². The van der Waals surface area contributed by atoms with Crippen LogP contribution in [-0.4, -0.2) is 71.4 Å². The standard InChI is InChI=1S/C24H29BF2N3O7/c1-14-17(23(33)28-11-15-4-5-16(26)10-18(15)27)12-29-13-19(36-3)24(2,22(32)20(29)21(14)31)6-8-37-9-7-30(35)25-34/h4-5,10,12,19,32,34-35H,1,6-9,11,13H2,2-3H3,(H,28,33). The lowest BCUT2D eigenvalue weighted by atomic mass is 9.77. The number of pyridine rings is 1. The van der Waals surface area contributed by atoms with E-state index in [-0.39, 0.29) is 66.7 Å². The van der Waals surface area contributed by atoms with Crippen LogP contribution in [-0.2, 0) is 22.6 Å². The molecule has 37 heavy (non-hydrogen) atoms. The monoisotopic (exact) mass is 520 g/mol. The number of fused-ring (bicyclic) bond motifs is 1. The minimum atomic E-state index is -1.01. The van der Waals surface area contributed by atoms with Gasteiger partial charge in [0.25, 0.3) is 5.91 Å². The molecule has 0 saturated carbocycles. The average Bonchev–Trinajstić information content (AvgIpc) is 2.87. The molecule has 1 aromatic carbocycles. The number of rotatable bonds is 11. The van der Waals surface area contributed by atoms with Crippen LogP contribution in [0.2, 0.25) is 0 Å². The maximum absolute atomic E-state index is 13.9. The topological polar surface area (TPSA) is 133 Å². The second-order valence-electron chi connectivity index (χ2n) is 8.90. The Morgan fingerprint density at radius 2 is 2.11 bits per heavy atom. The summed E-state index contributed by atoms with van der Waals surface area (Å²) in [5.41, 5.74) is -1.64. The first-order chi connectivity index (χ1) is 17.5. The number of aromatic nitrogens is 1. The Kier molecular flexibility index (Phi) is 9.21. The first kappa shape index (κ1) is 28.5. The summed E-state index contributed by atoms with van der Waals surface area (Å²) < 4.78 is 39.6. The van der Waals surface area contributed by atoms with Crippen LogP contribution < -0.4 is 21.3 Å². The van der Waals surface area contributed by atoms with Gasteiger partial charge in [0, 0.05) is 49.9 Å². The van der Waals surface area contributed by atoms with Crippen LogP contribution in [0.4, 0.5) is 8.78 Å². The highest BCUT2D eigenvalue weighted by Crippen LogP contribution is 2.37. The summed E-state index contributed by atoms with van der Waals surface area (Å²) in [6.45, 7) is 5.64. The van der Waals surface area contributed by atoms with Gasteiger partial charge in [-0.05, 0) is 19.4 Å². The molecule has 0 fully saturated rings. The van der Waals surface area contributed by atoms with E-state index in [0.717, 1.165) is 6.07 Å². The fourth-order valence-corrected chi connectivity index (χ4v) is 4.23. The molecule has 0 spiro atoms. The van der Waals surface area contributed by atoms with Gasteiger partial charge in [-0.25, -0.2) is 13.8 Å². The van der Waals surface area contributed by atoms with Crippen LogP contribution in [0, 0.1) is 17.0 Å². The van der Waals surface area contributed by atoms with E-state index >= 15 is 0 Å². The molecule has 2 heterocycles. The smallest absolute Gasteiger partial charge is 0.422 e. The Hall–Kier alpha value is -3.10. The van der Waals surface area contributed by atoms with Gasteiger partial charge in [-0.2, -0.15) is 0 Å². The fourth-order valence-electron chi connectivity index (χ4n) is 4.23. The van der Waals surface area contributed by atoms with E-state index in [9.17, 15) is 28.7 Å². The molecule has 0 bridgehead atoms. The van der Waals surface area contributed by atoms with Crippen LogP contribution in [0.3, 0.4) is 0 Å². The molecule has 3 rings (SSSR count). The minimum absolute atomic E-state index is 0.0293. The highest BCUT2D eigenvalue weighted by molar-refractivity contribution is 6.20. The lowest BCUT2D eigenvalue weighted by Gasteiger charge is -2.40. The number of hydrogen-bond acceptors (Lipinski definition) is 8. The van der Waals surface area contributed by atoms with Gasteiger partial charge in [0.2, 0.25) is 5.43 Å². The maximum atomic E-state index is 13.9. The van der Waals surface area contributed by atoms with E-state index in [1.54, 1.807) is 6.92 Å². The van der Waals surface area contributed by atoms with Crippen molar-refractivity contribution >= 4 is 25.9 Å². The van der Waals surface area contributed by atoms with Crippen molar-refractivity contribution in [2.75, 3.05) is 26.9 Å². The molecule has 1 aliphatic heterocycles. The second-order valence-corrected chi connectivity index (χ2v) is 8.90. The Bertz CT molecular complexity index is 1320. The van der Waals surface area contributed by atoms with E-state index < -0.39 is 34.5 Å². The Labute approximate surface area is 212 Å². The summed E-state index contributed by atoms with van der Waals surface area (Å²) in [5, 5.41) is 31.4. The average molecular weight is 520 g/mol. The molecule has 0 saturated heterocycles. The van der Waals surface area contributed by atoms with Gasteiger partial charge in [0.1, 0.15) is 22.7 Å². The van der Waals surface area contributed by atoms with E-state index in [1.165, 1.54) is 23.9 Å². The highest BCUT2D eigenvalue weighted by atomic mass is 19.1. The molecule has 1 radical (unpaired) electrons. The number of nitrogens with zero attached hydrogens (tertiary/aromatic N) is 2. The quantitative estimate of drug-likeness (QED) is 0.182. The number of amides is 1. The largest absolute Gasteiger partial charge is 0.509 e. The van der Waals surface area contributed by atoms with Crippen molar-refractivity contribution in [2.45, 2.75) is 32.5 Å². The molecular weight excluding hydrogens is 491 g/mol. The van der Waals surface area contributed by atoms with Crippen LogP contribution >= 0.6 is 0 Å². The van der Waals surface area contributed by atoms with Crippen LogP contribution in [0.25, 0.3) is 12.3 Å². The van der Waals surface area contributed by atoms with Gasteiger partial charge in [-0.1, -0.05) is 12.6 Å². The van der Waals surface area contributed by atoms with Gasteiger partial charge in [-0.3, -0.25) is 9.59 Å². The normalized spacial score (nSPS) is 19.1. The molecule has 10 nitrogen and oxygen atoms in total. The van der Waals surface area contributed by atoms with E-state index in [4.69, 9.17) is 14.5 Å². The number of carbonyl (C=O) groups is 1. The maximum Gasteiger partial charge on any atom is 0.422 e. The first-order valence-corrected chi connectivity index (χ1v) is 11.4. The third-order valence-electron chi connectivity index (χ3n) is 6.57. The molecule has 1 aromatic heterocycles. The van der Waals surface area contributed by atoms with Crippen LogP contribution in [0.15, 0.2) is 29.2 Å². The number of nitrogens with one attached hydrogen (secondary N) is 1. The predicted molar refractivity (Wildman–Crippen MR) is 130 cm³/mol. The molecule has 13 heteroatoms. The van der Waals surface area contributed by atoms with Gasteiger partial charge < -0.3 is 34.7 Å². The Morgan fingerprint density at radius 1 is 1.38 bits per heavy atom. The van der Waals surface area contributed by atoms with Gasteiger partial charge in [0.05, 0.1) is 30.2 Å². The number of aliphatic hydroxyl groups excluding tert-OH is 1. The Balaban J connectivity index is 1.86. The molecule has 1 amide bonds. The predicted octanol–water partition coefficient (Wildman–Crippen LogP) is -0.208. The number of carbonyl (C=O) groups excluding carboxylic acids is 1. The number of ether oxygens (including phenoxy) is 2. The van der Waals surface area contributed by atoms with Crippen molar-refractivity contribution in [2.24, 2.45) is 5.41 Å².